The molecule has 1 N–H and O–H groups in total. The second kappa shape index (κ2) is 10.4. The third kappa shape index (κ3) is 6.45. The molecular formula is C18H20N3O5S-. The molecule has 0 spiro atoms. The SMILES string of the molecule is CCCc1nc(S/C(=C\c2ccccc2OCC(=O)OCC)C(=O)[O-])n[nH]1. The van der Waals surface area contributed by atoms with Gasteiger partial charge in [0.25, 0.3) is 0 Å². The van der Waals surface area contributed by atoms with Crippen molar-refractivity contribution in [3.05, 3.63) is 40.6 Å². The van der Waals surface area contributed by atoms with Gasteiger partial charge in [0.1, 0.15) is 11.6 Å². The average molecular weight is 390 g/mol. The number of thioether (sulfide) groups is 1. The molecule has 0 atom stereocenters. The predicted octanol–water partition coefficient (Wildman–Crippen LogP) is 1.58. The van der Waals surface area contributed by atoms with E-state index in [2.05, 4.69) is 15.2 Å². The number of H-pyrrole nitrogens is 1. The van der Waals surface area contributed by atoms with Crippen molar-refractivity contribution in [2.75, 3.05) is 13.2 Å². The molecule has 0 aliphatic heterocycles. The van der Waals surface area contributed by atoms with Gasteiger partial charge in [-0.1, -0.05) is 25.1 Å². The van der Waals surface area contributed by atoms with Crippen LogP contribution in [0.25, 0.3) is 6.08 Å². The number of aryl methyl sites for hydroxylation is 1. The molecule has 0 aliphatic rings. The first kappa shape index (κ1) is 20.5. The number of nitrogens with one attached hydrogen (secondary N) is 1. The number of hydrogen-bond acceptors (Lipinski definition) is 8. The van der Waals surface area contributed by atoms with Crippen molar-refractivity contribution < 1.29 is 24.2 Å². The fourth-order valence-corrected chi connectivity index (χ4v) is 2.83. The maximum atomic E-state index is 11.5. The molecule has 144 valence electrons. The van der Waals surface area contributed by atoms with E-state index in [0.29, 0.717) is 22.3 Å². The zero-order chi connectivity index (χ0) is 19.6. The van der Waals surface area contributed by atoms with E-state index in [1.165, 1.54) is 6.08 Å². The van der Waals surface area contributed by atoms with Gasteiger partial charge >= 0.3 is 5.97 Å². The molecule has 0 aliphatic carbocycles. The third-order valence-corrected chi connectivity index (χ3v) is 4.13. The summed E-state index contributed by atoms with van der Waals surface area (Å²) in [5, 5.41) is 18.6. The molecule has 8 nitrogen and oxygen atoms in total. The normalized spacial score (nSPS) is 11.3. The van der Waals surface area contributed by atoms with Crippen LogP contribution in [0.2, 0.25) is 0 Å². The van der Waals surface area contributed by atoms with Crippen LogP contribution in [-0.4, -0.2) is 40.3 Å². The van der Waals surface area contributed by atoms with Crippen LogP contribution in [0.4, 0.5) is 0 Å². The number of rotatable bonds is 10. The fraction of sp³-hybridized carbons (Fsp3) is 0.333. The zero-order valence-electron chi connectivity index (χ0n) is 15.1. The quantitative estimate of drug-likeness (QED) is 0.369. The summed E-state index contributed by atoms with van der Waals surface area (Å²) >= 11 is 0.878. The summed E-state index contributed by atoms with van der Waals surface area (Å²) in [5.41, 5.74) is 0.484. The Labute approximate surface area is 161 Å². The number of hydrogen-bond donors (Lipinski definition) is 1. The van der Waals surface area contributed by atoms with E-state index in [1.54, 1.807) is 31.2 Å². The van der Waals surface area contributed by atoms with Crippen molar-refractivity contribution in [3.8, 4) is 5.75 Å². The van der Waals surface area contributed by atoms with E-state index in [1.807, 2.05) is 6.92 Å². The second-order valence-electron chi connectivity index (χ2n) is 5.34. The van der Waals surface area contributed by atoms with Gasteiger partial charge in [-0.25, -0.2) is 9.78 Å². The Morgan fingerprint density at radius 2 is 2.07 bits per heavy atom. The lowest BCUT2D eigenvalue weighted by Crippen LogP contribution is -2.23. The van der Waals surface area contributed by atoms with E-state index in [0.717, 1.165) is 24.6 Å². The number of carboxylic acids is 1. The van der Waals surface area contributed by atoms with Crippen LogP contribution >= 0.6 is 11.8 Å². The van der Waals surface area contributed by atoms with Crippen LogP contribution in [0.5, 0.6) is 5.75 Å². The lowest BCUT2D eigenvalue weighted by molar-refractivity contribution is -0.298. The van der Waals surface area contributed by atoms with E-state index in [9.17, 15) is 14.7 Å². The summed E-state index contributed by atoms with van der Waals surface area (Å²) in [6.07, 6.45) is 3.02. The molecule has 0 amide bonds. The highest BCUT2D eigenvalue weighted by Crippen LogP contribution is 2.28. The number of carboxylic acid groups (broad SMARTS) is 1. The molecule has 0 radical (unpaired) electrons. The van der Waals surface area contributed by atoms with Gasteiger partial charge in [0.05, 0.1) is 12.6 Å². The Kier molecular flexibility index (Phi) is 7.87. The molecule has 1 heterocycles. The van der Waals surface area contributed by atoms with Gasteiger partial charge in [0, 0.05) is 16.9 Å². The minimum atomic E-state index is -1.36. The molecule has 27 heavy (non-hydrogen) atoms. The molecule has 0 saturated carbocycles. The Balaban J connectivity index is 2.19. The molecule has 1 aromatic carbocycles. The first-order valence-corrected chi connectivity index (χ1v) is 9.24. The first-order chi connectivity index (χ1) is 13.0. The zero-order valence-corrected chi connectivity index (χ0v) is 15.9. The highest BCUT2D eigenvalue weighted by molar-refractivity contribution is 8.04. The Bertz CT molecular complexity index is 819. The number of carbonyl (C=O) groups excluding carboxylic acids is 2. The van der Waals surface area contributed by atoms with E-state index < -0.39 is 11.9 Å². The lowest BCUT2D eigenvalue weighted by Gasteiger charge is -2.11. The maximum absolute atomic E-state index is 11.5. The molecule has 1 aromatic heterocycles. The lowest BCUT2D eigenvalue weighted by atomic mass is 10.2. The molecule has 0 fully saturated rings. The van der Waals surface area contributed by atoms with Gasteiger partial charge in [-0.05, 0) is 37.2 Å². The van der Waals surface area contributed by atoms with Crippen molar-refractivity contribution >= 4 is 29.8 Å². The van der Waals surface area contributed by atoms with Crippen molar-refractivity contribution in [3.63, 3.8) is 0 Å². The van der Waals surface area contributed by atoms with Crippen LogP contribution in [0, 0.1) is 0 Å². The van der Waals surface area contributed by atoms with Crippen LogP contribution in [-0.2, 0) is 20.7 Å². The van der Waals surface area contributed by atoms with Crippen molar-refractivity contribution in [1.82, 2.24) is 15.2 Å². The summed E-state index contributed by atoms with van der Waals surface area (Å²) in [6.45, 7) is 3.70. The molecule has 0 saturated heterocycles. The van der Waals surface area contributed by atoms with Crippen LogP contribution < -0.4 is 9.84 Å². The van der Waals surface area contributed by atoms with Crippen LogP contribution in [0.3, 0.4) is 0 Å². The second-order valence-corrected chi connectivity index (χ2v) is 6.35. The fourth-order valence-electron chi connectivity index (χ4n) is 2.11. The van der Waals surface area contributed by atoms with E-state index >= 15 is 0 Å². The summed E-state index contributed by atoms with van der Waals surface area (Å²) in [7, 11) is 0. The van der Waals surface area contributed by atoms with E-state index in [4.69, 9.17) is 9.47 Å². The Hall–Kier alpha value is -2.81. The van der Waals surface area contributed by atoms with Gasteiger partial charge in [-0.3, -0.25) is 5.10 Å². The largest absolute Gasteiger partial charge is 0.544 e. The number of benzene rings is 1. The highest BCUT2D eigenvalue weighted by atomic mass is 32.2. The van der Waals surface area contributed by atoms with Gasteiger partial charge in [0.2, 0.25) is 5.16 Å². The number of aromatic nitrogens is 3. The number of aliphatic carboxylic acids is 1. The monoisotopic (exact) mass is 390 g/mol. The topological polar surface area (TPSA) is 117 Å². The number of ether oxygens (including phenoxy) is 2. The highest BCUT2D eigenvalue weighted by Gasteiger charge is 2.11. The summed E-state index contributed by atoms with van der Waals surface area (Å²) in [5.74, 6) is -0.820. The molecule has 9 heteroatoms. The number of nitrogens with zero attached hydrogens (tertiary/aromatic N) is 2. The van der Waals surface area contributed by atoms with Gasteiger partial charge in [-0.2, -0.15) is 0 Å². The van der Waals surface area contributed by atoms with Crippen molar-refractivity contribution in [1.29, 1.82) is 0 Å². The van der Waals surface area contributed by atoms with E-state index in [-0.39, 0.29) is 18.1 Å². The number of esters is 1. The van der Waals surface area contributed by atoms with Crippen molar-refractivity contribution in [2.45, 2.75) is 31.8 Å². The van der Waals surface area contributed by atoms with Gasteiger partial charge in [-0.15, -0.1) is 5.10 Å². The maximum Gasteiger partial charge on any atom is 0.344 e. The van der Waals surface area contributed by atoms with Gasteiger partial charge in [0.15, 0.2) is 6.61 Å². The molecule has 2 aromatic rings. The summed E-state index contributed by atoms with van der Waals surface area (Å²) in [6, 6.07) is 6.75. The predicted molar refractivity (Wildman–Crippen MR) is 97.8 cm³/mol. The van der Waals surface area contributed by atoms with Crippen LogP contribution in [0.1, 0.15) is 31.7 Å². The first-order valence-electron chi connectivity index (χ1n) is 8.43. The molecule has 0 bridgehead atoms. The van der Waals surface area contributed by atoms with Crippen LogP contribution in [0.15, 0.2) is 34.3 Å². The average Bonchev–Trinajstić information content (AvgIpc) is 3.08. The van der Waals surface area contributed by atoms with Gasteiger partial charge < -0.3 is 19.4 Å². The number of aromatic amines is 1. The minimum Gasteiger partial charge on any atom is -0.544 e. The molecule has 0 unspecified atom stereocenters. The number of para-hydroxylation sites is 1. The standard InChI is InChI=1S/C18H21N3O5S/c1-3-7-15-19-18(21-20-15)27-14(17(23)24)10-12-8-5-6-9-13(12)26-11-16(22)25-4-2/h5-6,8-10H,3-4,7,11H2,1-2H3,(H,23,24)(H,19,20,21)/p-1/b14-10-. The number of carbonyl (C=O) groups is 2. The molecule has 2 rings (SSSR count). The minimum absolute atomic E-state index is 0.0794. The Morgan fingerprint density at radius 3 is 2.78 bits per heavy atom. The third-order valence-electron chi connectivity index (χ3n) is 3.26. The Morgan fingerprint density at radius 1 is 1.30 bits per heavy atom. The summed E-state index contributed by atoms with van der Waals surface area (Å²) in [4.78, 5) is 27.1. The van der Waals surface area contributed by atoms with Crippen molar-refractivity contribution in [2.24, 2.45) is 0 Å². The molecular weight excluding hydrogens is 370 g/mol. The summed E-state index contributed by atoms with van der Waals surface area (Å²) < 4.78 is 10.3. The smallest absolute Gasteiger partial charge is 0.344 e.